The van der Waals surface area contributed by atoms with Gasteiger partial charge < -0.3 is 24.3 Å². The van der Waals surface area contributed by atoms with Crippen molar-refractivity contribution in [1.29, 1.82) is 0 Å². The van der Waals surface area contributed by atoms with Crippen LogP contribution in [0, 0.1) is 6.92 Å². The zero-order valence-corrected chi connectivity index (χ0v) is 18.3. The van der Waals surface area contributed by atoms with Crippen molar-refractivity contribution >= 4 is 17.9 Å². The number of esters is 1. The second-order valence-corrected chi connectivity index (χ2v) is 7.73. The highest BCUT2D eigenvalue weighted by Crippen LogP contribution is 2.29. The first-order chi connectivity index (χ1) is 14.8. The van der Waals surface area contributed by atoms with Gasteiger partial charge in [-0.2, -0.15) is 0 Å². The number of aromatic nitrogens is 1. The van der Waals surface area contributed by atoms with Crippen LogP contribution in [0.15, 0.2) is 34.7 Å². The van der Waals surface area contributed by atoms with Gasteiger partial charge in [0, 0.05) is 33.1 Å². The summed E-state index contributed by atoms with van der Waals surface area (Å²) in [6, 6.07) is 7.78. The molecule has 3 amide bonds. The number of likely N-dealkylation sites (tertiary alicyclic amines) is 1. The summed E-state index contributed by atoms with van der Waals surface area (Å²) in [5, 5.41) is 2.77. The summed E-state index contributed by atoms with van der Waals surface area (Å²) in [6.45, 7) is 2.70. The topological polar surface area (TPSA) is 105 Å². The number of amides is 3. The van der Waals surface area contributed by atoms with Crippen molar-refractivity contribution in [2.24, 2.45) is 0 Å². The first kappa shape index (κ1) is 22.3. The summed E-state index contributed by atoms with van der Waals surface area (Å²) < 4.78 is 10.6. The number of hydrogen-bond donors (Lipinski definition) is 1. The molecule has 0 aliphatic carbocycles. The summed E-state index contributed by atoms with van der Waals surface area (Å²) in [4.78, 5) is 44.7. The Kier molecular flexibility index (Phi) is 6.94. The zero-order valence-electron chi connectivity index (χ0n) is 18.3. The van der Waals surface area contributed by atoms with Gasteiger partial charge in [-0.15, -0.1) is 0 Å². The van der Waals surface area contributed by atoms with E-state index in [4.69, 9.17) is 9.15 Å². The monoisotopic (exact) mass is 428 g/mol. The van der Waals surface area contributed by atoms with Crippen LogP contribution in [0.3, 0.4) is 0 Å². The maximum Gasteiger partial charge on any atom is 0.333 e. The Morgan fingerprint density at radius 2 is 1.84 bits per heavy atom. The lowest BCUT2D eigenvalue weighted by Crippen LogP contribution is -2.47. The number of carbonyl (C=O) groups is 3. The first-order valence-electron chi connectivity index (χ1n) is 10.2. The minimum Gasteiger partial charge on any atom is -0.467 e. The number of rotatable bonds is 5. The number of hydrogen-bond acceptors (Lipinski definition) is 6. The Hall–Kier alpha value is -3.36. The number of nitrogens with zero attached hydrogens (tertiary/aromatic N) is 3. The lowest BCUT2D eigenvalue weighted by Gasteiger charge is -2.31. The maximum absolute atomic E-state index is 12.8. The van der Waals surface area contributed by atoms with Crippen LogP contribution in [0.2, 0.25) is 0 Å². The summed E-state index contributed by atoms with van der Waals surface area (Å²) in [5.74, 6) is 0.330. The van der Waals surface area contributed by atoms with Crippen molar-refractivity contribution in [3.8, 4) is 0 Å². The van der Waals surface area contributed by atoms with E-state index in [1.807, 2.05) is 6.07 Å². The highest BCUT2D eigenvalue weighted by atomic mass is 16.5. The molecule has 0 bridgehead atoms. The van der Waals surface area contributed by atoms with Crippen molar-refractivity contribution in [3.63, 3.8) is 0 Å². The fraction of sp³-hybridized carbons (Fsp3) is 0.455. The van der Waals surface area contributed by atoms with Crippen LogP contribution < -0.4 is 5.32 Å². The van der Waals surface area contributed by atoms with E-state index < -0.39 is 12.0 Å². The molecule has 9 heteroatoms. The van der Waals surface area contributed by atoms with Crippen LogP contribution in [-0.4, -0.2) is 67.0 Å². The molecule has 1 fully saturated rings. The van der Waals surface area contributed by atoms with E-state index >= 15 is 0 Å². The predicted octanol–water partition coefficient (Wildman–Crippen LogP) is 2.49. The van der Waals surface area contributed by atoms with Gasteiger partial charge in [-0.05, 0) is 25.3 Å². The summed E-state index contributed by atoms with van der Waals surface area (Å²) in [5.41, 5.74) is 0.981. The van der Waals surface area contributed by atoms with Crippen molar-refractivity contribution < 1.29 is 23.5 Å². The van der Waals surface area contributed by atoms with Gasteiger partial charge in [0.15, 0.2) is 17.6 Å². The maximum atomic E-state index is 12.8. The predicted molar refractivity (Wildman–Crippen MR) is 113 cm³/mol. The van der Waals surface area contributed by atoms with Gasteiger partial charge in [0.1, 0.15) is 5.76 Å². The molecule has 1 N–H and O–H groups in total. The molecule has 166 valence electrons. The average molecular weight is 428 g/mol. The Morgan fingerprint density at radius 1 is 1.19 bits per heavy atom. The quantitative estimate of drug-likeness (QED) is 0.734. The van der Waals surface area contributed by atoms with Crippen molar-refractivity contribution in [3.05, 3.63) is 53.2 Å². The molecule has 31 heavy (non-hydrogen) atoms. The molecule has 2 heterocycles. The van der Waals surface area contributed by atoms with Crippen molar-refractivity contribution in [2.75, 3.05) is 34.3 Å². The van der Waals surface area contributed by atoms with Gasteiger partial charge in [-0.1, -0.05) is 30.3 Å². The molecule has 1 atom stereocenters. The second-order valence-electron chi connectivity index (χ2n) is 7.73. The van der Waals surface area contributed by atoms with E-state index in [2.05, 4.69) is 10.3 Å². The Labute approximate surface area is 181 Å². The van der Waals surface area contributed by atoms with Crippen LogP contribution >= 0.6 is 0 Å². The molecule has 0 spiro atoms. The van der Waals surface area contributed by atoms with Gasteiger partial charge in [0.2, 0.25) is 0 Å². The zero-order chi connectivity index (χ0) is 22.5. The Balaban J connectivity index is 1.62. The van der Waals surface area contributed by atoms with Crippen LogP contribution in [0.1, 0.15) is 52.5 Å². The van der Waals surface area contributed by atoms with Gasteiger partial charge >= 0.3 is 12.0 Å². The molecule has 1 aromatic heterocycles. The third-order valence-electron chi connectivity index (χ3n) is 5.39. The fourth-order valence-electron chi connectivity index (χ4n) is 3.59. The minimum atomic E-state index is -0.870. The van der Waals surface area contributed by atoms with E-state index in [0.717, 1.165) is 0 Å². The summed E-state index contributed by atoms with van der Waals surface area (Å²) >= 11 is 0. The highest BCUT2D eigenvalue weighted by molar-refractivity contribution is 5.92. The number of oxazole rings is 1. The van der Waals surface area contributed by atoms with Gasteiger partial charge in [-0.3, -0.25) is 4.79 Å². The molecule has 3 rings (SSSR count). The number of nitrogens with one attached hydrogen (secondary N) is 1. The molecule has 1 aromatic carbocycles. The molecule has 0 radical (unpaired) electrons. The first-order valence-corrected chi connectivity index (χ1v) is 10.2. The number of benzene rings is 1. The van der Waals surface area contributed by atoms with E-state index in [0.29, 0.717) is 48.8 Å². The third kappa shape index (κ3) is 5.04. The van der Waals surface area contributed by atoms with Gasteiger partial charge in [0.05, 0.1) is 7.11 Å². The summed E-state index contributed by atoms with van der Waals surface area (Å²) in [6.07, 6.45) is 1.30. The SMILES string of the molecule is COC(=O)C(NC(=O)N1CCC(c2nc(C(=O)N(C)C)c(C)o2)CC1)c1ccccc1. The highest BCUT2D eigenvalue weighted by Gasteiger charge is 2.31. The van der Waals surface area contributed by atoms with Crippen molar-refractivity contribution in [1.82, 2.24) is 20.1 Å². The number of carbonyl (C=O) groups excluding carboxylic acids is 3. The number of urea groups is 1. The molecule has 0 saturated carbocycles. The molecular formula is C22H28N4O5. The molecular weight excluding hydrogens is 400 g/mol. The average Bonchev–Trinajstić information content (AvgIpc) is 3.18. The van der Waals surface area contributed by atoms with Gasteiger partial charge in [-0.25, -0.2) is 14.6 Å². The number of methoxy groups -OCH3 is 1. The molecule has 1 unspecified atom stereocenters. The molecule has 1 aliphatic rings. The fourth-order valence-corrected chi connectivity index (χ4v) is 3.59. The summed E-state index contributed by atoms with van der Waals surface area (Å²) in [7, 11) is 4.64. The van der Waals surface area contributed by atoms with E-state index in [9.17, 15) is 14.4 Å². The molecule has 2 aromatic rings. The number of aryl methyl sites for hydroxylation is 1. The third-order valence-corrected chi connectivity index (χ3v) is 5.39. The van der Waals surface area contributed by atoms with Crippen LogP contribution in [0.25, 0.3) is 0 Å². The number of piperidine rings is 1. The van der Waals surface area contributed by atoms with Gasteiger partial charge in [0.25, 0.3) is 5.91 Å². The minimum absolute atomic E-state index is 0.0250. The van der Waals surface area contributed by atoms with E-state index in [1.165, 1.54) is 12.0 Å². The standard InChI is InChI=1S/C22H28N4O5/c1-14-17(20(27)25(2)3)23-19(31-14)16-10-12-26(13-11-16)22(29)24-18(21(28)30-4)15-8-6-5-7-9-15/h5-9,16,18H,10-13H2,1-4H3,(H,24,29). The van der Waals surface area contributed by atoms with Crippen LogP contribution in [0.4, 0.5) is 4.79 Å². The largest absolute Gasteiger partial charge is 0.467 e. The Bertz CT molecular complexity index is 933. The molecule has 9 nitrogen and oxygen atoms in total. The number of ether oxygens (including phenoxy) is 1. The molecule has 1 aliphatic heterocycles. The van der Waals surface area contributed by atoms with E-state index in [-0.39, 0.29) is 17.9 Å². The van der Waals surface area contributed by atoms with Crippen LogP contribution in [0.5, 0.6) is 0 Å². The smallest absolute Gasteiger partial charge is 0.333 e. The second kappa shape index (κ2) is 9.63. The van der Waals surface area contributed by atoms with Crippen LogP contribution in [-0.2, 0) is 9.53 Å². The Morgan fingerprint density at radius 3 is 2.42 bits per heavy atom. The lowest BCUT2D eigenvalue weighted by atomic mass is 9.97. The normalized spacial score (nSPS) is 15.3. The lowest BCUT2D eigenvalue weighted by molar-refractivity contribution is -0.143. The van der Waals surface area contributed by atoms with Crippen molar-refractivity contribution in [2.45, 2.75) is 31.7 Å². The van der Waals surface area contributed by atoms with E-state index in [1.54, 1.807) is 50.2 Å². The molecule has 1 saturated heterocycles.